The van der Waals surface area contributed by atoms with Gasteiger partial charge in [0, 0.05) is 7.11 Å². The first-order valence-electron chi connectivity index (χ1n) is 17.8. The van der Waals surface area contributed by atoms with Crippen molar-refractivity contribution in [2.45, 2.75) is 58.3 Å². The van der Waals surface area contributed by atoms with Crippen molar-refractivity contribution in [1.82, 2.24) is 0 Å². The molecular formula is C36H66O11. The molecule has 0 bridgehead atoms. The summed E-state index contributed by atoms with van der Waals surface area (Å²) in [5.41, 5.74) is 1.38. The summed E-state index contributed by atoms with van der Waals surface area (Å²) in [6.45, 7) is 13.0. The number of hydrogen-bond donors (Lipinski definition) is 0. The van der Waals surface area contributed by atoms with Gasteiger partial charge in [0.1, 0.15) is 12.4 Å². The number of unbranched alkanes of at least 4 members (excludes halogenated alkanes) is 6. The van der Waals surface area contributed by atoms with E-state index in [1.807, 2.05) is 0 Å². The van der Waals surface area contributed by atoms with Gasteiger partial charge < -0.3 is 52.1 Å². The van der Waals surface area contributed by atoms with Gasteiger partial charge in [-0.1, -0.05) is 57.6 Å². The molecule has 0 spiro atoms. The monoisotopic (exact) mass is 674 g/mol. The van der Waals surface area contributed by atoms with Crippen LogP contribution >= 0.6 is 0 Å². The number of benzene rings is 1. The molecule has 0 atom stereocenters. The van der Waals surface area contributed by atoms with Crippen LogP contribution in [-0.4, -0.2) is 139 Å². The largest absolute Gasteiger partial charge is 0.491 e. The second-order valence-corrected chi connectivity index (χ2v) is 10.9. The fourth-order valence-electron chi connectivity index (χ4n) is 4.26. The van der Waals surface area contributed by atoms with Crippen LogP contribution < -0.4 is 4.74 Å². The van der Waals surface area contributed by atoms with Crippen molar-refractivity contribution < 1.29 is 52.1 Å². The zero-order valence-corrected chi connectivity index (χ0v) is 29.6. The van der Waals surface area contributed by atoms with E-state index in [-0.39, 0.29) is 0 Å². The Kier molecular flexibility index (Phi) is 34.8. The molecule has 276 valence electrons. The van der Waals surface area contributed by atoms with E-state index >= 15 is 0 Å². The molecule has 0 aromatic heterocycles. The van der Waals surface area contributed by atoms with Crippen molar-refractivity contribution in [2.75, 3.05) is 139 Å². The third-order valence-corrected chi connectivity index (χ3v) is 6.90. The molecule has 1 rings (SSSR count). The lowest BCUT2D eigenvalue weighted by Crippen LogP contribution is -2.15. The Morgan fingerprint density at radius 3 is 1.04 bits per heavy atom. The van der Waals surface area contributed by atoms with Gasteiger partial charge in [0.05, 0.1) is 126 Å². The van der Waals surface area contributed by atoms with Crippen LogP contribution in [0.5, 0.6) is 5.75 Å². The van der Waals surface area contributed by atoms with Crippen LogP contribution in [0, 0.1) is 0 Å². The molecule has 47 heavy (non-hydrogen) atoms. The first-order valence-corrected chi connectivity index (χ1v) is 17.8. The van der Waals surface area contributed by atoms with E-state index in [2.05, 4.69) is 31.2 Å². The Balaban J connectivity index is 1.71. The van der Waals surface area contributed by atoms with Crippen LogP contribution in [0.25, 0.3) is 0 Å². The minimum absolute atomic E-state index is 0.520. The highest BCUT2D eigenvalue weighted by atomic mass is 16.6. The van der Waals surface area contributed by atoms with Crippen molar-refractivity contribution in [3.63, 3.8) is 0 Å². The van der Waals surface area contributed by atoms with E-state index in [0.29, 0.717) is 132 Å². The van der Waals surface area contributed by atoms with Crippen LogP contribution in [0.4, 0.5) is 0 Å². The van der Waals surface area contributed by atoms with Gasteiger partial charge in [0.25, 0.3) is 0 Å². The molecule has 0 unspecified atom stereocenters. The Hall–Kier alpha value is -1.38. The maximum absolute atomic E-state index is 5.78. The summed E-state index contributed by atoms with van der Waals surface area (Å²) >= 11 is 0. The Labute approximate surface area is 285 Å². The molecule has 11 nitrogen and oxygen atoms in total. The van der Waals surface area contributed by atoms with Crippen LogP contribution in [0.2, 0.25) is 0 Å². The first-order chi connectivity index (χ1) is 23.4. The Bertz CT molecular complexity index is 723. The third kappa shape index (κ3) is 32.9. The summed E-state index contributed by atoms with van der Waals surface area (Å²) in [4.78, 5) is 0. The maximum atomic E-state index is 5.78. The van der Waals surface area contributed by atoms with E-state index in [1.165, 1.54) is 50.5 Å². The highest BCUT2D eigenvalue weighted by molar-refractivity contribution is 5.27. The summed E-state index contributed by atoms with van der Waals surface area (Å²) in [5, 5.41) is 0. The van der Waals surface area contributed by atoms with E-state index in [4.69, 9.17) is 52.1 Å². The molecule has 11 heteroatoms. The van der Waals surface area contributed by atoms with Crippen LogP contribution in [0.3, 0.4) is 0 Å². The molecular weight excluding hydrogens is 608 g/mol. The molecule has 0 saturated heterocycles. The average molecular weight is 675 g/mol. The Morgan fingerprint density at radius 1 is 0.362 bits per heavy atom. The summed E-state index contributed by atoms with van der Waals surface area (Å²) < 4.78 is 59.9. The molecule has 1 aromatic rings. The smallest absolute Gasteiger partial charge is 0.119 e. The first kappa shape index (κ1) is 43.6. The predicted octanol–water partition coefficient (Wildman–Crippen LogP) is 5.15. The van der Waals surface area contributed by atoms with Gasteiger partial charge >= 0.3 is 0 Å². The lowest BCUT2D eigenvalue weighted by Gasteiger charge is -2.09. The quantitative estimate of drug-likeness (QED) is 0.0867. The zero-order chi connectivity index (χ0) is 33.6. The SMILES string of the molecule is CCCCCCCCCc1ccc(OCCOCCOCCOCCOCCOCCOCCOCCOCCOCCOC)cc1. The highest BCUT2D eigenvalue weighted by Gasteiger charge is 1.99. The molecule has 0 amide bonds. The highest BCUT2D eigenvalue weighted by Crippen LogP contribution is 2.15. The van der Waals surface area contributed by atoms with Crippen molar-refractivity contribution in [3.8, 4) is 5.75 Å². The van der Waals surface area contributed by atoms with Gasteiger partial charge in [-0.05, 0) is 30.5 Å². The molecule has 0 N–H and O–H groups in total. The fourth-order valence-corrected chi connectivity index (χ4v) is 4.26. The lowest BCUT2D eigenvalue weighted by atomic mass is 10.0. The van der Waals surface area contributed by atoms with Gasteiger partial charge in [-0.25, -0.2) is 0 Å². The maximum Gasteiger partial charge on any atom is 0.119 e. The summed E-state index contributed by atoms with van der Waals surface area (Å²) in [7, 11) is 1.65. The van der Waals surface area contributed by atoms with Crippen molar-refractivity contribution >= 4 is 0 Å². The topological polar surface area (TPSA) is 102 Å². The molecule has 0 aliphatic rings. The number of aryl methyl sites for hydroxylation is 1. The van der Waals surface area contributed by atoms with Crippen LogP contribution in [0.15, 0.2) is 24.3 Å². The molecule has 0 radical (unpaired) electrons. The number of rotatable bonds is 39. The van der Waals surface area contributed by atoms with Gasteiger partial charge in [-0.15, -0.1) is 0 Å². The van der Waals surface area contributed by atoms with E-state index in [9.17, 15) is 0 Å². The lowest BCUT2D eigenvalue weighted by molar-refractivity contribution is -0.0262. The van der Waals surface area contributed by atoms with Gasteiger partial charge in [-0.3, -0.25) is 0 Å². The van der Waals surface area contributed by atoms with Crippen molar-refractivity contribution in [3.05, 3.63) is 29.8 Å². The van der Waals surface area contributed by atoms with Crippen LogP contribution in [0.1, 0.15) is 57.4 Å². The van der Waals surface area contributed by atoms with E-state index in [0.717, 1.165) is 12.2 Å². The molecule has 0 saturated carbocycles. The second kappa shape index (κ2) is 37.4. The van der Waals surface area contributed by atoms with Crippen molar-refractivity contribution in [2.24, 2.45) is 0 Å². The van der Waals surface area contributed by atoms with Crippen LogP contribution in [-0.2, 0) is 53.8 Å². The van der Waals surface area contributed by atoms with Gasteiger partial charge in [-0.2, -0.15) is 0 Å². The molecule has 0 heterocycles. The standard InChI is InChI=1S/C36H66O11/c1-3-4-5-6-7-8-9-10-35-11-13-36(14-12-35)47-34-33-46-32-31-45-30-29-44-28-27-43-26-25-42-24-23-41-22-21-40-20-19-39-18-17-38-16-15-37-2/h11-14H,3-10,15-34H2,1-2H3. The minimum atomic E-state index is 0.520. The second-order valence-electron chi connectivity index (χ2n) is 10.9. The zero-order valence-electron chi connectivity index (χ0n) is 29.6. The third-order valence-electron chi connectivity index (χ3n) is 6.90. The normalized spacial score (nSPS) is 11.4. The van der Waals surface area contributed by atoms with Gasteiger partial charge in [0.2, 0.25) is 0 Å². The molecule has 1 aromatic carbocycles. The molecule has 0 aliphatic carbocycles. The van der Waals surface area contributed by atoms with Gasteiger partial charge in [0.15, 0.2) is 0 Å². The van der Waals surface area contributed by atoms with E-state index in [1.54, 1.807) is 7.11 Å². The Morgan fingerprint density at radius 2 is 0.681 bits per heavy atom. The molecule has 0 fully saturated rings. The average Bonchev–Trinajstić information content (AvgIpc) is 3.09. The predicted molar refractivity (Wildman–Crippen MR) is 183 cm³/mol. The fraction of sp³-hybridized carbons (Fsp3) is 0.833. The summed E-state index contributed by atoms with van der Waals surface area (Å²) in [6, 6.07) is 8.46. The number of ether oxygens (including phenoxy) is 11. The van der Waals surface area contributed by atoms with Crippen molar-refractivity contribution in [1.29, 1.82) is 0 Å². The number of methoxy groups -OCH3 is 1. The summed E-state index contributed by atoms with van der Waals surface area (Å²) in [6.07, 6.45) is 10.5. The minimum Gasteiger partial charge on any atom is -0.491 e. The molecule has 0 aliphatic heterocycles. The number of hydrogen-bond acceptors (Lipinski definition) is 11. The summed E-state index contributed by atoms with van der Waals surface area (Å²) in [5.74, 6) is 0.889. The van der Waals surface area contributed by atoms with E-state index < -0.39 is 0 Å².